The van der Waals surface area contributed by atoms with Gasteiger partial charge in [0.1, 0.15) is 5.75 Å². The van der Waals surface area contributed by atoms with Gasteiger partial charge >= 0.3 is 0 Å². The van der Waals surface area contributed by atoms with Gasteiger partial charge in [0.15, 0.2) is 0 Å². The summed E-state index contributed by atoms with van der Waals surface area (Å²) in [7, 11) is 0. The molecule has 0 radical (unpaired) electrons. The lowest BCUT2D eigenvalue weighted by Gasteiger charge is -2.36. The maximum absolute atomic E-state index is 13.2. The van der Waals surface area contributed by atoms with E-state index in [1.807, 2.05) is 24.3 Å². The number of carbonyl (C=O) groups excluding carboxylic acids is 1. The third-order valence-electron chi connectivity index (χ3n) is 6.38. The van der Waals surface area contributed by atoms with Crippen molar-refractivity contribution in [3.8, 4) is 5.75 Å². The summed E-state index contributed by atoms with van der Waals surface area (Å²) < 4.78 is 5.60. The van der Waals surface area contributed by atoms with Gasteiger partial charge in [-0.15, -0.1) is 0 Å². The minimum atomic E-state index is -0.299. The quantitative estimate of drug-likeness (QED) is 0.790. The molecule has 2 aromatic carbocycles. The summed E-state index contributed by atoms with van der Waals surface area (Å²) in [5.41, 5.74) is 3.48. The number of hydrogen-bond donors (Lipinski definition) is 0. The molecule has 2 fully saturated rings. The largest absolute Gasteiger partial charge is 0.493 e. The first-order valence-corrected chi connectivity index (χ1v) is 10.5. The van der Waals surface area contributed by atoms with Crippen molar-refractivity contribution < 1.29 is 9.53 Å². The number of piperazine rings is 1. The SMILES string of the molecule is O=C(N1CCN(Cc2ccc3c(c2)CCO3)CC1)C1(c2ccc(Cl)cc2)CC1. The van der Waals surface area contributed by atoms with Crippen LogP contribution in [-0.2, 0) is 23.2 Å². The summed E-state index contributed by atoms with van der Waals surface area (Å²) >= 11 is 6.02. The van der Waals surface area contributed by atoms with Gasteiger partial charge in [0, 0.05) is 44.2 Å². The molecular formula is C23H25ClN2O2. The lowest BCUT2D eigenvalue weighted by molar-refractivity contribution is -0.135. The van der Waals surface area contributed by atoms with Gasteiger partial charge in [-0.2, -0.15) is 0 Å². The smallest absolute Gasteiger partial charge is 0.233 e. The van der Waals surface area contributed by atoms with Crippen LogP contribution in [0.15, 0.2) is 42.5 Å². The lowest BCUT2D eigenvalue weighted by atomic mass is 9.94. The minimum absolute atomic E-state index is 0.296. The number of hydrogen-bond acceptors (Lipinski definition) is 3. The van der Waals surface area contributed by atoms with Crippen LogP contribution in [0.5, 0.6) is 5.75 Å². The van der Waals surface area contributed by atoms with Gasteiger partial charge < -0.3 is 9.64 Å². The number of nitrogens with zero attached hydrogens (tertiary/aromatic N) is 2. The van der Waals surface area contributed by atoms with E-state index < -0.39 is 0 Å². The number of fused-ring (bicyclic) bond motifs is 1. The molecule has 0 N–H and O–H groups in total. The fraction of sp³-hybridized carbons (Fsp3) is 0.435. The van der Waals surface area contributed by atoms with E-state index in [0.717, 1.165) is 74.9 Å². The van der Waals surface area contributed by atoms with Gasteiger partial charge in [0.25, 0.3) is 0 Å². The van der Waals surface area contributed by atoms with Crippen molar-refractivity contribution in [1.29, 1.82) is 0 Å². The molecule has 0 atom stereocenters. The fourth-order valence-electron chi connectivity index (χ4n) is 4.53. The predicted molar refractivity (Wildman–Crippen MR) is 110 cm³/mol. The van der Waals surface area contributed by atoms with E-state index in [1.54, 1.807) is 0 Å². The fourth-order valence-corrected chi connectivity index (χ4v) is 4.65. The average Bonchev–Trinajstić information content (AvgIpc) is 3.39. The third kappa shape index (κ3) is 3.29. The summed E-state index contributed by atoms with van der Waals surface area (Å²) in [6.07, 6.45) is 2.91. The molecule has 1 saturated carbocycles. The first-order chi connectivity index (χ1) is 13.6. The maximum Gasteiger partial charge on any atom is 0.233 e. The molecule has 0 aromatic heterocycles. The van der Waals surface area contributed by atoms with E-state index in [2.05, 4.69) is 28.0 Å². The lowest BCUT2D eigenvalue weighted by Crippen LogP contribution is -2.51. The van der Waals surface area contributed by atoms with E-state index in [4.69, 9.17) is 16.3 Å². The summed E-state index contributed by atoms with van der Waals surface area (Å²) in [5, 5.41) is 0.721. The highest BCUT2D eigenvalue weighted by Gasteiger charge is 2.53. The molecular weight excluding hydrogens is 372 g/mol. The molecule has 0 bridgehead atoms. The molecule has 3 aliphatic rings. The molecule has 1 amide bonds. The first kappa shape index (κ1) is 18.0. The zero-order valence-electron chi connectivity index (χ0n) is 16.0. The molecule has 5 heteroatoms. The van der Waals surface area contributed by atoms with Crippen LogP contribution < -0.4 is 4.74 Å². The second-order valence-corrected chi connectivity index (χ2v) is 8.63. The van der Waals surface area contributed by atoms with Crippen LogP contribution in [0, 0.1) is 0 Å². The highest BCUT2D eigenvalue weighted by molar-refractivity contribution is 6.30. The van der Waals surface area contributed by atoms with Gasteiger partial charge in [0.2, 0.25) is 5.91 Å². The van der Waals surface area contributed by atoms with E-state index in [9.17, 15) is 4.79 Å². The Morgan fingerprint density at radius 1 is 1.04 bits per heavy atom. The molecule has 1 aliphatic carbocycles. The van der Waals surface area contributed by atoms with E-state index in [-0.39, 0.29) is 5.41 Å². The highest BCUT2D eigenvalue weighted by atomic mass is 35.5. The number of amides is 1. The molecule has 0 spiro atoms. The normalized spacial score (nSPS) is 20.5. The number of benzene rings is 2. The number of carbonyl (C=O) groups is 1. The zero-order valence-corrected chi connectivity index (χ0v) is 16.8. The molecule has 28 heavy (non-hydrogen) atoms. The van der Waals surface area contributed by atoms with Crippen LogP contribution in [0.3, 0.4) is 0 Å². The Morgan fingerprint density at radius 2 is 1.79 bits per heavy atom. The Bertz CT molecular complexity index is 884. The number of rotatable bonds is 4. The van der Waals surface area contributed by atoms with Crippen LogP contribution in [0.2, 0.25) is 5.02 Å². The van der Waals surface area contributed by atoms with E-state index in [0.29, 0.717) is 5.91 Å². The monoisotopic (exact) mass is 396 g/mol. The van der Waals surface area contributed by atoms with Crippen molar-refractivity contribution in [2.45, 2.75) is 31.2 Å². The van der Waals surface area contributed by atoms with Crippen molar-refractivity contribution in [2.75, 3.05) is 32.8 Å². The van der Waals surface area contributed by atoms with E-state index in [1.165, 1.54) is 11.1 Å². The summed E-state index contributed by atoms with van der Waals surface area (Å²) in [6.45, 7) is 5.21. The predicted octanol–water partition coefficient (Wildman–Crippen LogP) is 3.65. The second kappa shape index (κ2) is 7.09. The van der Waals surface area contributed by atoms with Crippen LogP contribution >= 0.6 is 11.6 Å². The van der Waals surface area contributed by atoms with Gasteiger partial charge in [0.05, 0.1) is 12.0 Å². The summed E-state index contributed by atoms with van der Waals surface area (Å²) in [5.74, 6) is 1.33. The first-order valence-electron chi connectivity index (χ1n) is 10.2. The van der Waals surface area contributed by atoms with E-state index >= 15 is 0 Å². The molecule has 5 rings (SSSR count). The Kier molecular flexibility index (Phi) is 4.56. The molecule has 4 nitrogen and oxygen atoms in total. The minimum Gasteiger partial charge on any atom is -0.493 e. The van der Waals surface area contributed by atoms with Crippen LogP contribution in [0.1, 0.15) is 29.5 Å². The van der Waals surface area contributed by atoms with Crippen molar-refractivity contribution in [2.24, 2.45) is 0 Å². The second-order valence-electron chi connectivity index (χ2n) is 8.20. The Labute approximate surface area is 171 Å². The Hall–Kier alpha value is -2.04. The molecule has 2 heterocycles. The average molecular weight is 397 g/mol. The summed E-state index contributed by atoms with van der Waals surface area (Å²) in [6, 6.07) is 14.4. The number of ether oxygens (including phenoxy) is 1. The molecule has 1 saturated heterocycles. The van der Waals surface area contributed by atoms with Gasteiger partial charge in [-0.3, -0.25) is 9.69 Å². The maximum atomic E-state index is 13.2. The third-order valence-corrected chi connectivity index (χ3v) is 6.63. The molecule has 146 valence electrons. The van der Waals surface area contributed by atoms with Crippen LogP contribution in [0.25, 0.3) is 0 Å². The Morgan fingerprint density at radius 3 is 2.50 bits per heavy atom. The number of halogens is 1. The topological polar surface area (TPSA) is 32.8 Å². The van der Waals surface area contributed by atoms with Crippen LogP contribution in [0.4, 0.5) is 0 Å². The van der Waals surface area contributed by atoms with Gasteiger partial charge in [-0.1, -0.05) is 35.9 Å². The zero-order chi connectivity index (χ0) is 19.1. The highest BCUT2D eigenvalue weighted by Crippen LogP contribution is 2.49. The van der Waals surface area contributed by atoms with Crippen molar-refractivity contribution in [3.63, 3.8) is 0 Å². The van der Waals surface area contributed by atoms with Crippen LogP contribution in [-0.4, -0.2) is 48.5 Å². The Balaban J connectivity index is 1.20. The summed E-state index contributed by atoms with van der Waals surface area (Å²) in [4.78, 5) is 17.7. The van der Waals surface area contributed by atoms with Gasteiger partial charge in [-0.25, -0.2) is 0 Å². The molecule has 0 unspecified atom stereocenters. The van der Waals surface area contributed by atoms with Crippen molar-refractivity contribution in [1.82, 2.24) is 9.80 Å². The molecule has 2 aromatic rings. The standard InChI is InChI=1S/C23H25ClN2O2/c24-20-4-2-19(3-5-20)23(8-9-23)22(27)26-12-10-25(11-13-26)16-17-1-6-21-18(15-17)7-14-28-21/h1-6,15H,7-14,16H2. The van der Waals surface area contributed by atoms with Crippen molar-refractivity contribution in [3.05, 3.63) is 64.2 Å². The molecule has 2 aliphatic heterocycles. The van der Waals surface area contributed by atoms with Gasteiger partial charge in [-0.05, 0) is 47.7 Å². The van der Waals surface area contributed by atoms with Crippen molar-refractivity contribution >= 4 is 17.5 Å².